The van der Waals surface area contributed by atoms with Crippen molar-refractivity contribution in [3.63, 3.8) is 0 Å². The molecule has 0 saturated heterocycles. The van der Waals surface area contributed by atoms with E-state index in [0.717, 1.165) is 40.1 Å². The zero-order valence-electron chi connectivity index (χ0n) is 10.8. The number of nitrogens with zero attached hydrogens (tertiary/aromatic N) is 2. The van der Waals surface area contributed by atoms with Crippen LogP contribution in [0.3, 0.4) is 0 Å². The summed E-state index contributed by atoms with van der Waals surface area (Å²) in [6, 6.07) is 7.86. The fraction of sp³-hybridized carbons (Fsp3) is 0.286. The van der Waals surface area contributed by atoms with E-state index in [4.69, 9.17) is 11.6 Å². The predicted molar refractivity (Wildman–Crippen MR) is 81.8 cm³/mol. The molecule has 5 heteroatoms. The van der Waals surface area contributed by atoms with E-state index in [1.54, 1.807) is 24.2 Å². The maximum absolute atomic E-state index is 6.13. The van der Waals surface area contributed by atoms with E-state index in [2.05, 4.69) is 22.2 Å². The molecule has 0 atom stereocenters. The predicted octanol–water partition coefficient (Wildman–Crippen LogP) is 4.24. The lowest BCUT2D eigenvalue weighted by molar-refractivity contribution is 0.948. The summed E-state index contributed by atoms with van der Waals surface area (Å²) in [7, 11) is 0. The van der Waals surface area contributed by atoms with E-state index < -0.39 is 0 Å². The number of aromatic nitrogens is 2. The average Bonchev–Trinajstić information content (AvgIpc) is 2.45. The molecule has 2 aromatic rings. The van der Waals surface area contributed by atoms with Crippen LogP contribution in [0.5, 0.6) is 0 Å². The second-order valence-corrected chi connectivity index (χ2v) is 5.45. The van der Waals surface area contributed by atoms with E-state index in [1.165, 1.54) is 0 Å². The minimum atomic E-state index is 0.795. The molecule has 3 nitrogen and oxygen atoms in total. The van der Waals surface area contributed by atoms with E-state index in [0.29, 0.717) is 0 Å². The highest BCUT2D eigenvalue weighted by atomic mass is 35.5. The van der Waals surface area contributed by atoms with E-state index in [-0.39, 0.29) is 0 Å². The zero-order chi connectivity index (χ0) is 13.5. The van der Waals surface area contributed by atoms with Crippen LogP contribution in [0.25, 0.3) is 0 Å². The maximum Gasteiger partial charge on any atom is 0.145 e. The molecule has 100 valence electrons. The second-order valence-electron chi connectivity index (χ2n) is 4.05. The van der Waals surface area contributed by atoms with Crippen molar-refractivity contribution in [3.05, 3.63) is 47.2 Å². The van der Waals surface area contributed by atoms with Gasteiger partial charge in [0.1, 0.15) is 10.8 Å². The summed E-state index contributed by atoms with van der Waals surface area (Å²) >= 11 is 7.77. The summed E-state index contributed by atoms with van der Waals surface area (Å²) in [5.41, 5.74) is 1.11. The van der Waals surface area contributed by atoms with E-state index in [1.807, 2.05) is 24.3 Å². The third kappa shape index (κ3) is 4.40. The molecule has 0 aliphatic rings. The Labute approximate surface area is 122 Å². The van der Waals surface area contributed by atoms with Crippen molar-refractivity contribution >= 4 is 29.2 Å². The van der Waals surface area contributed by atoms with Crippen LogP contribution in [0.4, 0.5) is 5.82 Å². The van der Waals surface area contributed by atoms with E-state index >= 15 is 0 Å². The van der Waals surface area contributed by atoms with Gasteiger partial charge >= 0.3 is 0 Å². The number of benzene rings is 1. The van der Waals surface area contributed by atoms with Crippen LogP contribution in [0.1, 0.15) is 18.9 Å². The molecule has 0 saturated carbocycles. The molecule has 0 aliphatic carbocycles. The molecule has 1 aromatic carbocycles. The summed E-state index contributed by atoms with van der Waals surface area (Å²) in [5, 5.41) is 4.93. The first-order chi connectivity index (χ1) is 9.29. The monoisotopic (exact) mass is 293 g/mol. The molecule has 1 N–H and O–H groups in total. The van der Waals surface area contributed by atoms with Crippen molar-refractivity contribution in [1.82, 2.24) is 9.97 Å². The van der Waals surface area contributed by atoms with Crippen LogP contribution in [-0.2, 0) is 5.75 Å². The Bertz CT molecular complexity index is 534. The topological polar surface area (TPSA) is 37.8 Å². The van der Waals surface area contributed by atoms with Crippen molar-refractivity contribution < 1.29 is 0 Å². The minimum absolute atomic E-state index is 0.795. The van der Waals surface area contributed by atoms with Crippen molar-refractivity contribution in [2.75, 3.05) is 11.9 Å². The van der Waals surface area contributed by atoms with Crippen LogP contribution in [0.2, 0.25) is 5.02 Å². The Kier molecular flexibility index (Phi) is 5.48. The summed E-state index contributed by atoms with van der Waals surface area (Å²) < 4.78 is 0. The van der Waals surface area contributed by atoms with Crippen LogP contribution in [0, 0.1) is 0 Å². The van der Waals surface area contributed by atoms with Crippen LogP contribution >= 0.6 is 23.4 Å². The number of hydrogen-bond acceptors (Lipinski definition) is 4. The van der Waals surface area contributed by atoms with Gasteiger partial charge in [0.25, 0.3) is 0 Å². The number of nitrogens with one attached hydrogen (secondary N) is 1. The SMILES string of the molecule is CCCNc1cncc(SCc2ccccc2Cl)n1. The summed E-state index contributed by atoms with van der Waals surface area (Å²) in [6.07, 6.45) is 4.59. The summed E-state index contributed by atoms with van der Waals surface area (Å²) in [4.78, 5) is 8.69. The number of halogens is 1. The lowest BCUT2D eigenvalue weighted by atomic mass is 10.2. The van der Waals surface area contributed by atoms with Gasteiger partial charge in [0.15, 0.2) is 0 Å². The molecule has 1 aromatic heterocycles. The first-order valence-corrected chi connectivity index (χ1v) is 7.58. The quantitative estimate of drug-likeness (QED) is 0.808. The third-order valence-electron chi connectivity index (χ3n) is 2.50. The number of hydrogen-bond donors (Lipinski definition) is 1. The Morgan fingerprint density at radius 2 is 2.11 bits per heavy atom. The van der Waals surface area contributed by atoms with Gasteiger partial charge in [-0.2, -0.15) is 0 Å². The van der Waals surface area contributed by atoms with Crippen LogP contribution < -0.4 is 5.32 Å². The van der Waals surface area contributed by atoms with Crippen LogP contribution in [-0.4, -0.2) is 16.5 Å². The van der Waals surface area contributed by atoms with Crippen molar-refractivity contribution in [1.29, 1.82) is 0 Å². The summed E-state index contributed by atoms with van der Waals surface area (Å²) in [5.74, 6) is 1.62. The Morgan fingerprint density at radius 3 is 2.89 bits per heavy atom. The van der Waals surface area contributed by atoms with Gasteiger partial charge < -0.3 is 5.32 Å². The molecular weight excluding hydrogens is 278 g/mol. The van der Waals surface area contributed by atoms with E-state index in [9.17, 15) is 0 Å². The van der Waals surface area contributed by atoms with Gasteiger partial charge in [-0.1, -0.05) is 48.5 Å². The molecule has 19 heavy (non-hydrogen) atoms. The largest absolute Gasteiger partial charge is 0.369 e. The Hall–Kier alpha value is -1.26. The Balaban J connectivity index is 1.98. The molecule has 0 fully saturated rings. The van der Waals surface area contributed by atoms with Gasteiger partial charge in [-0.25, -0.2) is 4.98 Å². The number of rotatable bonds is 6. The van der Waals surface area contributed by atoms with Gasteiger partial charge in [-0.15, -0.1) is 0 Å². The van der Waals surface area contributed by atoms with Crippen molar-refractivity contribution in [3.8, 4) is 0 Å². The smallest absolute Gasteiger partial charge is 0.145 e. The molecule has 0 unspecified atom stereocenters. The molecule has 2 rings (SSSR count). The number of anilines is 1. The highest BCUT2D eigenvalue weighted by Crippen LogP contribution is 2.25. The van der Waals surface area contributed by atoms with Crippen LogP contribution in [0.15, 0.2) is 41.7 Å². The highest BCUT2D eigenvalue weighted by molar-refractivity contribution is 7.98. The molecule has 0 bridgehead atoms. The molecule has 0 spiro atoms. The lowest BCUT2D eigenvalue weighted by Crippen LogP contribution is -2.02. The molecule has 0 aliphatic heterocycles. The Morgan fingerprint density at radius 1 is 1.26 bits per heavy atom. The zero-order valence-corrected chi connectivity index (χ0v) is 12.3. The number of thioether (sulfide) groups is 1. The van der Waals surface area contributed by atoms with Gasteiger partial charge in [-0.3, -0.25) is 4.98 Å². The maximum atomic E-state index is 6.13. The molecule has 1 heterocycles. The minimum Gasteiger partial charge on any atom is -0.369 e. The average molecular weight is 294 g/mol. The summed E-state index contributed by atoms with van der Waals surface area (Å²) in [6.45, 7) is 3.03. The van der Waals surface area contributed by atoms with Crippen molar-refractivity contribution in [2.45, 2.75) is 24.1 Å². The second kappa shape index (κ2) is 7.36. The first-order valence-electron chi connectivity index (χ1n) is 6.21. The van der Waals surface area contributed by atoms with Gasteiger partial charge in [0, 0.05) is 17.3 Å². The standard InChI is InChI=1S/C14H16ClN3S/c1-2-7-17-13-8-16-9-14(18-13)19-10-11-5-3-4-6-12(11)15/h3-6,8-9H,2,7,10H2,1H3,(H,17,18). The fourth-order valence-electron chi connectivity index (χ4n) is 1.52. The van der Waals surface area contributed by atoms with Gasteiger partial charge in [0.05, 0.1) is 12.4 Å². The lowest BCUT2D eigenvalue weighted by Gasteiger charge is -2.06. The first kappa shape index (κ1) is 14.2. The molecule has 0 radical (unpaired) electrons. The fourth-order valence-corrected chi connectivity index (χ4v) is 2.66. The normalized spacial score (nSPS) is 10.4. The van der Waals surface area contributed by atoms with Crippen molar-refractivity contribution in [2.24, 2.45) is 0 Å². The molecule has 0 amide bonds. The van der Waals surface area contributed by atoms with Gasteiger partial charge in [-0.05, 0) is 18.1 Å². The molecular formula is C14H16ClN3S. The highest BCUT2D eigenvalue weighted by Gasteiger charge is 2.03. The van der Waals surface area contributed by atoms with Gasteiger partial charge in [0.2, 0.25) is 0 Å². The third-order valence-corrected chi connectivity index (χ3v) is 3.82.